The van der Waals surface area contributed by atoms with Crippen LogP contribution in [0.2, 0.25) is 0 Å². The van der Waals surface area contributed by atoms with Gasteiger partial charge >= 0.3 is 12.2 Å². The van der Waals surface area contributed by atoms with Crippen molar-refractivity contribution in [2.24, 2.45) is 5.73 Å². The molecule has 0 unspecified atom stereocenters. The molecule has 322 valence electrons. The normalized spacial score (nSPS) is 11.7. The molecular weight excluding hydrogens is 766 g/mol. The van der Waals surface area contributed by atoms with Crippen molar-refractivity contribution in [1.29, 1.82) is 0 Å². The van der Waals surface area contributed by atoms with Crippen molar-refractivity contribution in [3.05, 3.63) is 127 Å². The number of nitrogens with one attached hydrogen (secondary N) is 3. The van der Waals surface area contributed by atoms with E-state index < -0.39 is 23.4 Å². The molecule has 0 radical (unpaired) electrons. The first-order valence-corrected chi connectivity index (χ1v) is 18.8. The first-order chi connectivity index (χ1) is 27.8. The summed E-state index contributed by atoms with van der Waals surface area (Å²) in [5, 5.41) is 8.06. The topological polar surface area (TPSA) is 155 Å². The number of ether oxygens (including phenoxy) is 2. The summed E-state index contributed by atoms with van der Waals surface area (Å²) in [5.41, 5.74) is 7.55. The molecule has 59 heavy (non-hydrogen) atoms. The summed E-state index contributed by atoms with van der Waals surface area (Å²) >= 11 is 0. The number of hydrogen-bond acceptors (Lipinski definition) is 8. The van der Waals surface area contributed by atoms with Gasteiger partial charge in [-0.15, -0.1) is 0 Å². The average Bonchev–Trinajstić information content (AvgIpc) is 3.18. The fourth-order valence-electron chi connectivity index (χ4n) is 4.57. The van der Waals surface area contributed by atoms with Crippen LogP contribution in [0.5, 0.6) is 0 Å². The van der Waals surface area contributed by atoms with Crippen molar-refractivity contribution >= 4 is 41.1 Å². The minimum Gasteiger partial charge on any atom is -0.444 e. The van der Waals surface area contributed by atoms with Gasteiger partial charge in [0.05, 0.1) is 32.1 Å². The van der Waals surface area contributed by atoms with Crippen molar-refractivity contribution < 1.29 is 41.8 Å². The van der Waals surface area contributed by atoms with E-state index in [4.69, 9.17) is 15.2 Å². The Labute approximate surface area is 346 Å². The van der Waals surface area contributed by atoms with Gasteiger partial charge in [-0.25, -0.2) is 22.8 Å². The van der Waals surface area contributed by atoms with E-state index in [0.717, 1.165) is 11.4 Å². The fraction of sp³-hybridized carbons (Fsp3) is 0.364. The zero-order chi connectivity index (χ0) is 44.4. The van der Waals surface area contributed by atoms with Crippen LogP contribution in [0.4, 0.5) is 39.8 Å². The van der Waals surface area contributed by atoms with E-state index in [9.17, 15) is 32.3 Å². The standard InChI is InChI=1S/C17H23FN2O3.C15H21FN2O2.C12H15FN2O/c1-13(21)20(15-8-6-5-7-9-15)12-14(10-18)11-19-16(22)23-17(2,3)4;1-15(2,3)20-14(19)18-11-12(9-16)10-17-13-7-5-4-6-8-13;1-10(16)15(9-11(7-13)8-14)12-5-3-2-4-6-12/h5-10H,11-12H2,1-4H3,(H,19,22);4-9,17H,10-11H2,1-3H3,(H,18,19);2-7H,8-9,14H2,1H3. The number of carbonyl (C=O) groups excluding carboxylic acids is 4. The summed E-state index contributed by atoms with van der Waals surface area (Å²) in [5.74, 6) is -0.355. The van der Waals surface area contributed by atoms with E-state index >= 15 is 0 Å². The third kappa shape index (κ3) is 23.0. The molecule has 0 aromatic heterocycles. The molecule has 0 saturated carbocycles. The van der Waals surface area contributed by atoms with E-state index in [1.165, 1.54) is 23.6 Å². The predicted molar refractivity (Wildman–Crippen MR) is 229 cm³/mol. The van der Waals surface area contributed by atoms with E-state index in [1.54, 1.807) is 77.9 Å². The third-order valence-corrected chi connectivity index (χ3v) is 7.35. The number of benzene rings is 3. The molecule has 0 bridgehead atoms. The van der Waals surface area contributed by atoms with Gasteiger partial charge in [0.15, 0.2) is 0 Å². The fourth-order valence-corrected chi connectivity index (χ4v) is 4.57. The Kier molecular flexibility index (Phi) is 23.1. The summed E-state index contributed by atoms with van der Waals surface area (Å²) in [4.78, 5) is 49.2. The number of rotatable bonds is 14. The molecule has 0 aliphatic heterocycles. The number of para-hydroxylation sites is 3. The predicted octanol–water partition coefficient (Wildman–Crippen LogP) is 8.75. The molecule has 0 fully saturated rings. The Hall–Kier alpha value is -6.09. The van der Waals surface area contributed by atoms with Gasteiger partial charge < -0.3 is 41.0 Å². The van der Waals surface area contributed by atoms with E-state index in [1.807, 2.05) is 54.6 Å². The highest BCUT2D eigenvalue weighted by molar-refractivity contribution is 5.92. The van der Waals surface area contributed by atoms with Crippen LogP contribution in [-0.4, -0.2) is 74.5 Å². The molecule has 0 spiro atoms. The lowest BCUT2D eigenvalue weighted by atomic mass is 10.2. The van der Waals surface area contributed by atoms with Crippen LogP contribution in [0.3, 0.4) is 0 Å². The average molecular weight is 825 g/mol. The first-order valence-electron chi connectivity index (χ1n) is 18.8. The number of nitrogens with zero attached hydrogens (tertiary/aromatic N) is 2. The second-order valence-corrected chi connectivity index (χ2v) is 14.8. The van der Waals surface area contributed by atoms with Gasteiger partial charge in [-0.1, -0.05) is 54.6 Å². The molecule has 0 heterocycles. The van der Waals surface area contributed by atoms with Gasteiger partial charge in [0.1, 0.15) is 11.2 Å². The molecule has 3 aromatic rings. The van der Waals surface area contributed by atoms with Gasteiger partial charge in [-0.05, 0) is 94.7 Å². The zero-order valence-electron chi connectivity index (χ0n) is 35.2. The maximum absolute atomic E-state index is 13.1. The Bertz CT molecular complexity index is 1810. The van der Waals surface area contributed by atoms with Gasteiger partial charge in [-0.3, -0.25) is 9.59 Å². The van der Waals surface area contributed by atoms with Crippen LogP contribution in [-0.2, 0) is 19.1 Å². The van der Waals surface area contributed by atoms with Crippen LogP contribution in [0, 0.1) is 0 Å². The number of amides is 4. The second kappa shape index (κ2) is 26.8. The highest BCUT2D eigenvalue weighted by atomic mass is 19.1. The summed E-state index contributed by atoms with van der Waals surface area (Å²) in [7, 11) is 0. The largest absolute Gasteiger partial charge is 0.444 e. The molecule has 0 aliphatic rings. The van der Waals surface area contributed by atoms with Crippen LogP contribution in [0.25, 0.3) is 0 Å². The van der Waals surface area contributed by atoms with Crippen molar-refractivity contribution in [1.82, 2.24) is 10.6 Å². The Morgan fingerprint density at radius 1 is 0.576 bits per heavy atom. The summed E-state index contributed by atoms with van der Waals surface area (Å²) in [6.07, 6.45) is 0.158. The van der Waals surface area contributed by atoms with Crippen molar-refractivity contribution in [2.75, 3.05) is 54.4 Å². The number of anilines is 3. The smallest absolute Gasteiger partial charge is 0.407 e. The SMILES string of the molecule is CC(=O)N(CC(=CF)CN)c1ccccc1.CC(=O)N(CC(=CF)CNC(=O)OC(C)(C)C)c1ccccc1.CC(C)(C)OC(=O)NCC(=CF)CNc1ccccc1. The van der Waals surface area contributed by atoms with Gasteiger partial charge in [-0.2, -0.15) is 0 Å². The van der Waals surface area contributed by atoms with Crippen LogP contribution in [0.15, 0.2) is 127 Å². The second-order valence-electron chi connectivity index (χ2n) is 14.8. The van der Waals surface area contributed by atoms with E-state index in [-0.39, 0.29) is 50.1 Å². The number of hydrogen-bond donors (Lipinski definition) is 4. The highest BCUT2D eigenvalue weighted by Gasteiger charge is 2.19. The summed E-state index contributed by atoms with van der Waals surface area (Å²) in [6, 6.07) is 27.5. The lowest BCUT2D eigenvalue weighted by Crippen LogP contribution is -2.37. The van der Waals surface area contributed by atoms with Crippen LogP contribution in [0.1, 0.15) is 55.4 Å². The maximum atomic E-state index is 13.1. The molecule has 15 heteroatoms. The summed E-state index contributed by atoms with van der Waals surface area (Å²) in [6.45, 7) is 14.1. The van der Waals surface area contributed by atoms with Crippen molar-refractivity contribution in [3.63, 3.8) is 0 Å². The first kappa shape index (κ1) is 50.9. The third-order valence-electron chi connectivity index (χ3n) is 7.35. The van der Waals surface area contributed by atoms with E-state index in [2.05, 4.69) is 16.0 Å². The quantitative estimate of drug-likeness (QED) is 0.126. The monoisotopic (exact) mass is 824 g/mol. The van der Waals surface area contributed by atoms with Crippen molar-refractivity contribution in [2.45, 2.75) is 66.6 Å². The molecular formula is C44H59F3N6O6. The highest BCUT2D eigenvalue weighted by Crippen LogP contribution is 2.17. The van der Waals surface area contributed by atoms with Crippen LogP contribution >= 0.6 is 0 Å². The Morgan fingerprint density at radius 3 is 1.27 bits per heavy atom. The molecule has 0 saturated heterocycles. The lowest BCUT2D eigenvalue weighted by molar-refractivity contribution is -0.117. The van der Waals surface area contributed by atoms with Gasteiger partial charge in [0, 0.05) is 57.1 Å². The Balaban J connectivity index is 0.000000450. The molecule has 3 rings (SSSR count). The zero-order valence-corrected chi connectivity index (χ0v) is 35.2. The minimum absolute atomic E-state index is 0.0397. The molecule has 0 atom stereocenters. The molecule has 4 amide bonds. The minimum atomic E-state index is -0.633. The molecule has 3 aromatic carbocycles. The maximum Gasteiger partial charge on any atom is 0.407 e. The van der Waals surface area contributed by atoms with Gasteiger partial charge in [0.25, 0.3) is 0 Å². The number of carbonyl (C=O) groups is 4. The summed E-state index contributed by atoms with van der Waals surface area (Å²) < 4.78 is 48.4. The van der Waals surface area contributed by atoms with Crippen LogP contribution < -0.4 is 31.5 Å². The molecule has 12 nitrogen and oxygen atoms in total. The Morgan fingerprint density at radius 2 is 0.932 bits per heavy atom. The lowest BCUT2D eigenvalue weighted by Gasteiger charge is -2.23. The van der Waals surface area contributed by atoms with Crippen molar-refractivity contribution in [3.8, 4) is 0 Å². The molecule has 5 N–H and O–H groups in total. The number of alkyl carbamates (subject to hydrolysis) is 2. The van der Waals surface area contributed by atoms with Gasteiger partial charge in [0.2, 0.25) is 11.8 Å². The molecule has 0 aliphatic carbocycles. The number of halogens is 3. The van der Waals surface area contributed by atoms with E-state index in [0.29, 0.717) is 42.4 Å². The number of nitrogens with two attached hydrogens (primary N) is 1.